The largest absolute Gasteiger partial charge is 0.382 e. The van der Waals surface area contributed by atoms with Crippen molar-refractivity contribution in [3.8, 4) is 0 Å². The van der Waals surface area contributed by atoms with Crippen LogP contribution in [0.5, 0.6) is 0 Å². The summed E-state index contributed by atoms with van der Waals surface area (Å²) >= 11 is 0. The summed E-state index contributed by atoms with van der Waals surface area (Å²) in [6.07, 6.45) is 0.949. The molecule has 17 heavy (non-hydrogen) atoms. The lowest BCUT2D eigenvalue weighted by atomic mass is 9.99. The lowest BCUT2D eigenvalue weighted by molar-refractivity contribution is -0.131. The molecule has 3 atom stereocenters. The van der Waals surface area contributed by atoms with Gasteiger partial charge in [-0.25, -0.2) is 0 Å². The number of carbonyl (C=O) groups excluding carboxylic acids is 1. The van der Waals surface area contributed by atoms with E-state index in [4.69, 9.17) is 9.47 Å². The van der Waals surface area contributed by atoms with E-state index in [0.717, 1.165) is 6.42 Å². The van der Waals surface area contributed by atoms with Gasteiger partial charge in [0.1, 0.15) is 0 Å². The van der Waals surface area contributed by atoms with Crippen LogP contribution in [0.1, 0.15) is 20.3 Å². The van der Waals surface area contributed by atoms with Crippen molar-refractivity contribution in [2.45, 2.75) is 32.4 Å². The van der Waals surface area contributed by atoms with Crippen LogP contribution in [0.2, 0.25) is 0 Å². The van der Waals surface area contributed by atoms with Crippen LogP contribution in [0, 0.1) is 5.92 Å². The highest BCUT2D eigenvalue weighted by molar-refractivity contribution is 5.84. The maximum atomic E-state index is 12.1. The summed E-state index contributed by atoms with van der Waals surface area (Å²) in [7, 11) is 3.28. The van der Waals surface area contributed by atoms with Crippen LogP contribution in [0.4, 0.5) is 0 Å². The number of amides is 1. The van der Waals surface area contributed by atoms with Crippen LogP contribution < -0.4 is 5.32 Å². The number of hydrogen-bond donors (Lipinski definition) is 1. The normalized spacial score (nSPS) is 24.1. The molecule has 0 aliphatic carbocycles. The number of methoxy groups -OCH3 is 2. The third-order valence-electron chi connectivity index (χ3n) is 3.40. The minimum absolute atomic E-state index is 0.0416. The Bertz CT molecular complexity index is 248. The third kappa shape index (κ3) is 3.66. The van der Waals surface area contributed by atoms with Crippen molar-refractivity contribution in [2.75, 3.05) is 34.0 Å². The van der Waals surface area contributed by atoms with E-state index in [0.29, 0.717) is 25.7 Å². The lowest BCUT2D eigenvalue weighted by Gasteiger charge is -2.22. The summed E-state index contributed by atoms with van der Waals surface area (Å²) in [6.45, 7) is 5.90. The van der Waals surface area contributed by atoms with Gasteiger partial charge in [0, 0.05) is 14.2 Å². The van der Waals surface area contributed by atoms with Gasteiger partial charge in [0.05, 0.1) is 32.0 Å². The van der Waals surface area contributed by atoms with E-state index in [1.807, 2.05) is 4.90 Å². The molecule has 1 amide bonds. The molecule has 0 radical (unpaired) electrons. The molecule has 1 aliphatic rings. The number of nitrogens with zero attached hydrogens (tertiary/aromatic N) is 1. The van der Waals surface area contributed by atoms with Crippen LogP contribution in [-0.2, 0) is 14.3 Å². The Morgan fingerprint density at radius 1 is 1.53 bits per heavy atom. The van der Waals surface area contributed by atoms with Gasteiger partial charge in [-0.3, -0.25) is 10.1 Å². The second kappa shape index (κ2) is 6.93. The summed E-state index contributed by atoms with van der Waals surface area (Å²) in [6, 6.07) is -0.0416. The van der Waals surface area contributed by atoms with Crippen LogP contribution in [0.15, 0.2) is 0 Å². The monoisotopic (exact) mass is 244 g/mol. The van der Waals surface area contributed by atoms with Gasteiger partial charge in [0.15, 0.2) is 0 Å². The first kappa shape index (κ1) is 14.4. The number of rotatable bonds is 7. The van der Waals surface area contributed by atoms with Crippen molar-refractivity contribution in [1.29, 1.82) is 0 Å². The Kier molecular flexibility index (Phi) is 5.88. The van der Waals surface area contributed by atoms with Crippen molar-refractivity contribution in [2.24, 2.45) is 5.92 Å². The SMILES string of the molecule is CCC(C)C1NCN(CC(COC)OC)C1=O. The van der Waals surface area contributed by atoms with Gasteiger partial charge in [0.25, 0.3) is 0 Å². The Hall–Kier alpha value is -0.650. The summed E-state index contributed by atoms with van der Waals surface area (Å²) in [4.78, 5) is 13.9. The molecule has 5 heteroatoms. The molecule has 1 rings (SSSR count). The Labute approximate surface area is 103 Å². The smallest absolute Gasteiger partial charge is 0.241 e. The quantitative estimate of drug-likeness (QED) is 0.706. The average molecular weight is 244 g/mol. The fourth-order valence-corrected chi connectivity index (χ4v) is 2.03. The van der Waals surface area contributed by atoms with Gasteiger partial charge in [-0.1, -0.05) is 20.3 Å². The molecule has 1 saturated heterocycles. The van der Waals surface area contributed by atoms with E-state index in [9.17, 15) is 4.79 Å². The van der Waals surface area contributed by atoms with Crippen molar-refractivity contribution < 1.29 is 14.3 Å². The molecule has 1 heterocycles. The number of ether oxygens (including phenoxy) is 2. The molecule has 100 valence electrons. The van der Waals surface area contributed by atoms with E-state index in [-0.39, 0.29) is 18.1 Å². The van der Waals surface area contributed by atoms with Gasteiger partial charge in [0.2, 0.25) is 5.91 Å². The van der Waals surface area contributed by atoms with Gasteiger partial charge < -0.3 is 14.4 Å². The fourth-order valence-electron chi connectivity index (χ4n) is 2.03. The van der Waals surface area contributed by atoms with Crippen molar-refractivity contribution in [1.82, 2.24) is 10.2 Å². The molecular weight excluding hydrogens is 220 g/mol. The van der Waals surface area contributed by atoms with E-state index in [1.165, 1.54) is 0 Å². The Morgan fingerprint density at radius 3 is 2.76 bits per heavy atom. The van der Waals surface area contributed by atoms with Crippen molar-refractivity contribution in [3.05, 3.63) is 0 Å². The second-order valence-corrected chi connectivity index (χ2v) is 4.60. The maximum Gasteiger partial charge on any atom is 0.241 e. The van der Waals surface area contributed by atoms with Crippen LogP contribution in [0.3, 0.4) is 0 Å². The zero-order chi connectivity index (χ0) is 12.8. The lowest BCUT2D eigenvalue weighted by Crippen LogP contribution is -2.40. The molecule has 1 aliphatic heterocycles. The Balaban J connectivity index is 2.49. The van der Waals surface area contributed by atoms with E-state index >= 15 is 0 Å². The van der Waals surface area contributed by atoms with Gasteiger partial charge in [-0.15, -0.1) is 0 Å². The summed E-state index contributed by atoms with van der Waals surface area (Å²) in [5.74, 6) is 0.549. The fraction of sp³-hybridized carbons (Fsp3) is 0.917. The first-order chi connectivity index (χ1) is 8.13. The van der Waals surface area contributed by atoms with Gasteiger partial charge in [-0.2, -0.15) is 0 Å². The molecular formula is C12H24N2O3. The summed E-state index contributed by atoms with van der Waals surface area (Å²) in [5.41, 5.74) is 0. The third-order valence-corrected chi connectivity index (χ3v) is 3.40. The van der Waals surface area contributed by atoms with Gasteiger partial charge >= 0.3 is 0 Å². The minimum atomic E-state index is -0.0542. The predicted molar refractivity (Wildman–Crippen MR) is 65.6 cm³/mol. The highest BCUT2D eigenvalue weighted by Crippen LogP contribution is 2.15. The molecule has 0 saturated carbocycles. The number of hydrogen-bond acceptors (Lipinski definition) is 4. The second-order valence-electron chi connectivity index (χ2n) is 4.60. The minimum Gasteiger partial charge on any atom is -0.382 e. The topological polar surface area (TPSA) is 50.8 Å². The van der Waals surface area contributed by atoms with Crippen molar-refractivity contribution >= 4 is 5.91 Å². The van der Waals surface area contributed by atoms with E-state index in [2.05, 4.69) is 19.2 Å². The highest BCUT2D eigenvalue weighted by atomic mass is 16.5. The maximum absolute atomic E-state index is 12.1. The molecule has 1 fully saturated rings. The van der Waals surface area contributed by atoms with Crippen LogP contribution in [0.25, 0.3) is 0 Å². The van der Waals surface area contributed by atoms with E-state index in [1.54, 1.807) is 14.2 Å². The zero-order valence-corrected chi connectivity index (χ0v) is 11.2. The molecule has 0 bridgehead atoms. The standard InChI is InChI=1S/C12H24N2O3/c1-5-9(2)11-12(15)14(8-13-11)6-10(17-4)7-16-3/h9-11,13H,5-8H2,1-4H3. The number of nitrogens with one attached hydrogen (secondary N) is 1. The predicted octanol–water partition coefficient (Wildman–Crippen LogP) is 0.452. The van der Waals surface area contributed by atoms with Gasteiger partial charge in [-0.05, 0) is 5.92 Å². The highest BCUT2D eigenvalue weighted by Gasteiger charge is 2.35. The first-order valence-electron chi connectivity index (χ1n) is 6.17. The van der Waals surface area contributed by atoms with E-state index < -0.39 is 0 Å². The molecule has 0 spiro atoms. The molecule has 1 N–H and O–H groups in total. The molecule has 0 aromatic rings. The molecule has 0 aromatic carbocycles. The summed E-state index contributed by atoms with van der Waals surface area (Å²) < 4.78 is 10.3. The molecule has 0 aromatic heterocycles. The van der Waals surface area contributed by atoms with Crippen LogP contribution >= 0.6 is 0 Å². The molecule has 5 nitrogen and oxygen atoms in total. The molecule has 3 unspecified atom stereocenters. The van der Waals surface area contributed by atoms with Crippen LogP contribution in [-0.4, -0.2) is 57.0 Å². The first-order valence-corrected chi connectivity index (χ1v) is 6.17. The average Bonchev–Trinajstić information content (AvgIpc) is 2.69. The Morgan fingerprint density at radius 2 is 2.24 bits per heavy atom. The number of carbonyl (C=O) groups is 1. The summed E-state index contributed by atoms with van der Waals surface area (Å²) in [5, 5.41) is 3.26. The zero-order valence-electron chi connectivity index (χ0n) is 11.2. The van der Waals surface area contributed by atoms with Crippen molar-refractivity contribution in [3.63, 3.8) is 0 Å².